The Morgan fingerprint density at radius 1 is 1.24 bits per heavy atom. The van der Waals surface area contributed by atoms with Crippen LogP contribution in [0, 0.1) is 11.3 Å². The van der Waals surface area contributed by atoms with Crippen LogP contribution in [0.15, 0.2) is 43.0 Å². The van der Waals surface area contributed by atoms with Crippen molar-refractivity contribution in [3.63, 3.8) is 0 Å². The highest BCUT2D eigenvalue weighted by atomic mass is 14.9. The first-order chi connectivity index (χ1) is 8.38. The number of pyridine rings is 1. The van der Waals surface area contributed by atoms with Crippen LogP contribution in [0.5, 0.6) is 0 Å². The van der Waals surface area contributed by atoms with Gasteiger partial charge in [-0.2, -0.15) is 5.26 Å². The summed E-state index contributed by atoms with van der Waals surface area (Å²) in [5.41, 5.74) is 4.33. The normalized spacial score (nSPS) is 10.3. The molecule has 3 aromatic rings. The Morgan fingerprint density at radius 2 is 2.18 bits per heavy atom. The maximum Gasteiger partial charge on any atom is 0.101 e. The monoisotopic (exact) mass is 220 g/mol. The molecule has 0 aliphatic rings. The average Bonchev–Trinajstić information content (AvgIpc) is 2.85. The summed E-state index contributed by atoms with van der Waals surface area (Å²) in [6.07, 6.45) is 4.92. The van der Waals surface area contributed by atoms with Gasteiger partial charge in [-0.3, -0.25) is 4.98 Å². The summed E-state index contributed by atoms with van der Waals surface area (Å²) in [6, 6.07) is 9.87. The van der Waals surface area contributed by atoms with Crippen LogP contribution in [-0.2, 0) is 0 Å². The minimum absolute atomic E-state index is 0.575. The minimum Gasteiger partial charge on any atom is -0.345 e. The molecule has 4 nitrogen and oxygen atoms in total. The summed E-state index contributed by atoms with van der Waals surface area (Å²) >= 11 is 0. The van der Waals surface area contributed by atoms with Gasteiger partial charge in [0.2, 0.25) is 0 Å². The van der Waals surface area contributed by atoms with Crippen LogP contribution in [0.25, 0.3) is 22.2 Å². The SMILES string of the molecule is N#Cc1cnccc1-c1ccc2nc[nH]c2c1. The average molecular weight is 220 g/mol. The molecule has 0 amide bonds. The number of aromatic nitrogens is 3. The van der Waals surface area contributed by atoms with Crippen molar-refractivity contribution in [2.24, 2.45) is 0 Å². The number of hydrogen-bond donors (Lipinski definition) is 1. The first-order valence-corrected chi connectivity index (χ1v) is 5.16. The molecule has 0 aliphatic carbocycles. The second-order valence-corrected chi connectivity index (χ2v) is 3.67. The van der Waals surface area contributed by atoms with Crippen molar-refractivity contribution in [2.75, 3.05) is 0 Å². The van der Waals surface area contributed by atoms with Crippen LogP contribution < -0.4 is 0 Å². The van der Waals surface area contributed by atoms with Gasteiger partial charge in [0.05, 0.1) is 22.9 Å². The Hall–Kier alpha value is -2.67. The highest BCUT2D eigenvalue weighted by Gasteiger charge is 2.05. The maximum absolute atomic E-state index is 9.04. The summed E-state index contributed by atoms with van der Waals surface area (Å²) in [5.74, 6) is 0. The fraction of sp³-hybridized carbons (Fsp3) is 0. The van der Waals surface area contributed by atoms with Crippen LogP contribution >= 0.6 is 0 Å². The number of hydrogen-bond acceptors (Lipinski definition) is 3. The second-order valence-electron chi connectivity index (χ2n) is 3.67. The predicted octanol–water partition coefficient (Wildman–Crippen LogP) is 2.50. The van der Waals surface area contributed by atoms with Crippen LogP contribution in [0.4, 0.5) is 0 Å². The number of benzene rings is 1. The number of rotatable bonds is 1. The van der Waals surface area contributed by atoms with E-state index in [4.69, 9.17) is 5.26 Å². The van der Waals surface area contributed by atoms with Gasteiger partial charge in [-0.15, -0.1) is 0 Å². The molecule has 4 heteroatoms. The lowest BCUT2D eigenvalue weighted by Gasteiger charge is -2.03. The Balaban J connectivity index is 2.23. The van der Waals surface area contributed by atoms with Gasteiger partial charge in [-0.1, -0.05) is 6.07 Å². The van der Waals surface area contributed by atoms with E-state index in [1.807, 2.05) is 24.3 Å². The lowest BCUT2D eigenvalue weighted by atomic mass is 10.0. The summed E-state index contributed by atoms with van der Waals surface area (Å²) in [4.78, 5) is 11.2. The van der Waals surface area contributed by atoms with E-state index in [1.165, 1.54) is 0 Å². The van der Waals surface area contributed by atoms with Gasteiger partial charge in [0, 0.05) is 18.0 Å². The molecule has 1 aromatic carbocycles. The Kier molecular flexibility index (Phi) is 2.09. The number of aromatic amines is 1. The van der Waals surface area contributed by atoms with E-state index in [0.29, 0.717) is 5.56 Å². The molecule has 1 N–H and O–H groups in total. The second kappa shape index (κ2) is 3.72. The van der Waals surface area contributed by atoms with Gasteiger partial charge in [0.25, 0.3) is 0 Å². The topological polar surface area (TPSA) is 65.4 Å². The van der Waals surface area contributed by atoms with Crippen LogP contribution in [0.3, 0.4) is 0 Å². The van der Waals surface area contributed by atoms with Crippen molar-refractivity contribution in [3.05, 3.63) is 48.5 Å². The fourth-order valence-corrected chi connectivity index (χ4v) is 1.84. The minimum atomic E-state index is 0.575. The van der Waals surface area contributed by atoms with Gasteiger partial charge in [-0.25, -0.2) is 4.98 Å². The van der Waals surface area contributed by atoms with E-state index in [0.717, 1.165) is 22.2 Å². The summed E-state index contributed by atoms with van der Waals surface area (Å²) in [6.45, 7) is 0. The molecule has 0 saturated carbocycles. The molecule has 0 fully saturated rings. The molecule has 3 rings (SSSR count). The van der Waals surface area contributed by atoms with Crippen molar-refractivity contribution < 1.29 is 0 Å². The third kappa shape index (κ3) is 1.54. The van der Waals surface area contributed by atoms with Gasteiger partial charge < -0.3 is 4.98 Å². The smallest absolute Gasteiger partial charge is 0.101 e. The largest absolute Gasteiger partial charge is 0.345 e. The molecule has 17 heavy (non-hydrogen) atoms. The third-order valence-electron chi connectivity index (χ3n) is 2.67. The lowest BCUT2D eigenvalue weighted by Crippen LogP contribution is -1.85. The Labute approximate surface area is 97.6 Å². The molecule has 0 spiro atoms. The zero-order chi connectivity index (χ0) is 11.7. The first kappa shape index (κ1) is 9.55. The highest BCUT2D eigenvalue weighted by molar-refractivity contribution is 5.82. The fourth-order valence-electron chi connectivity index (χ4n) is 1.84. The van der Waals surface area contributed by atoms with Crippen molar-refractivity contribution in [3.8, 4) is 17.2 Å². The maximum atomic E-state index is 9.04. The molecular formula is C13H8N4. The summed E-state index contributed by atoms with van der Waals surface area (Å²) in [5, 5.41) is 9.04. The van der Waals surface area contributed by atoms with Gasteiger partial charge in [0.1, 0.15) is 6.07 Å². The summed E-state index contributed by atoms with van der Waals surface area (Å²) < 4.78 is 0. The van der Waals surface area contributed by atoms with Gasteiger partial charge >= 0.3 is 0 Å². The molecule has 0 unspecified atom stereocenters. The lowest BCUT2D eigenvalue weighted by molar-refractivity contribution is 1.30. The van der Waals surface area contributed by atoms with E-state index < -0.39 is 0 Å². The number of imidazole rings is 1. The van der Waals surface area contributed by atoms with Crippen molar-refractivity contribution >= 4 is 11.0 Å². The molecule has 2 aromatic heterocycles. The molecule has 0 radical (unpaired) electrons. The molecular weight excluding hydrogens is 212 g/mol. The Morgan fingerprint density at radius 3 is 3.06 bits per heavy atom. The van der Waals surface area contributed by atoms with Gasteiger partial charge in [-0.05, 0) is 23.8 Å². The van der Waals surface area contributed by atoms with Crippen molar-refractivity contribution in [1.29, 1.82) is 5.26 Å². The van der Waals surface area contributed by atoms with Crippen molar-refractivity contribution in [1.82, 2.24) is 15.0 Å². The van der Waals surface area contributed by atoms with Crippen LogP contribution in [-0.4, -0.2) is 15.0 Å². The zero-order valence-corrected chi connectivity index (χ0v) is 8.88. The van der Waals surface area contributed by atoms with Gasteiger partial charge in [0.15, 0.2) is 0 Å². The molecule has 80 valence electrons. The molecule has 0 aliphatic heterocycles. The zero-order valence-electron chi connectivity index (χ0n) is 8.88. The van der Waals surface area contributed by atoms with E-state index in [9.17, 15) is 0 Å². The standard InChI is InChI=1S/C13H8N4/c14-6-10-7-15-4-3-11(10)9-1-2-12-13(5-9)17-8-16-12/h1-5,7-8H,(H,16,17). The molecule has 0 saturated heterocycles. The third-order valence-corrected chi connectivity index (χ3v) is 2.67. The molecule has 0 atom stereocenters. The Bertz CT molecular complexity index is 721. The number of H-pyrrole nitrogens is 1. The number of nitrogens with zero attached hydrogens (tertiary/aromatic N) is 3. The van der Waals surface area contributed by atoms with E-state index in [-0.39, 0.29) is 0 Å². The van der Waals surface area contributed by atoms with E-state index in [1.54, 1.807) is 18.7 Å². The van der Waals surface area contributed by atoms with E-state index >= 15 is 0 Å². The first-order valence-electron chi connectivity index (χ1n) is 5.16. The number of fused-ring (bicyclic) bond motifs is 1. The predicted molar refractivity (Wildman–Crippen MR) is 64.0 cm³/mol. The highest BCUT2D eigenvalue weighted by Crippen LogP contribution is 2.24. The number of nitrogens with one attached hydrogen (secondary N) is 1. The number of nitriles is 1. The quantitative estimate of drug-likeness (QED) is 0.685. The summed E-state index contributed by atoms with van der Waals surface area (Å²) in [7, 11) is 0. The van der Waals surface area contributed by atoms with Crippen molar-refractivity contribution in [2.45, 2.75) is 0 Å². The molecule has 2 heterocycles. The molecule has 0 bridgehead atoms. The van der Waals surface area contributed by atoms with Crippen LogP contribution in [0.1, 0.15) is 5.56 Å². The van der Waals surface area contributed by atoms with E-state index in [2.05, 4.69) is 21.0 Å². The van der Waals surface area contributed by atoms with Crippen LogP contribution in [0.2, 0.25) is 0 Å².